The van der Waals surface area contributed by atoms with Crippen molar-refractivity contribution in [2.45, 2.75) is 31.2 Å². The first-order valence-electron chi connectivity index (χ1n) is 9.24. The second-order valence-electron chi connectivity index (χ2n) is 6.84. The molecule has 1 aliphatic heterocycles. The van der Waals surface area contributed by atoms with Crippen molar-refractivity contribution in [3.63, 3.8) is 0 Å². The van der Waals surface area contributed by atoms with Crippen molar-refractivity contribution >= 4 is 17.7 Å². The van der Waals surface area contributed by atoms with Gasteiger partial charge < -0.3 is 15.4 Å². The molecule has 2 rings (SSSR count). The SMILES string of the molecule is CCNC(=NCC(C)(C)N1CCOCC1)NCCSc1ccc(F)cc1. The highest BCUT2D eigenvalue weighted by Crippen LogP contribution is 2.18. The summed E-state index contributed by atoms with van der Waals surface area (Å²) in [5, 5.41) is 6.68. The number of thioether (sulfide) groups is 1. The fraction of sp³-hybridized carbons (Fsp3) is 0.632. The predicted molar refractivity (Wildman–Crippen MR) is 108 cm³/mol. The molecule has 1 fully saturated rings. The lowest BCUT2D eigenvalue weighted by Gasteiger charge is -2.39. The summed E-state index contributed by atoms with van der Waals surface area (Å²) in [6.07, 6.45) is 0. The molecular formula is C19H31FN4OS. The molecular weight excluding hydrogens is 351 g/mol. The van der Waals surface area contributed by atoms with Crippen LogP contribution in [0.25, 0.3) is 0 Å². The van der Waals surface area contributed by atoms with E-state index < -0.39 is 0 Å². The van der Waals surface area contributed by atoms with Crippen LogP contribution >= 0.6 is 11.8 Å². The van der Waals surface area contributed by atoms with Gasteiger partial charge in [-0.3, -0.25) is 9.89 Å². The summed E-state index contributed by atoms with van der Waals surface area (Å²) in [6.45, 7) is 12.4. The van der Waals surface area contributed by atoms with E-state index >= 15 is 0 Å². The van der Waals surface area contributed by atoms with Gasteiger partial charge in [-0.05, 0) is 45.0 Å². The molecule has 0 bridgehead atoms. The fourth-order valence-electron chi connectivity index (χ4n) is 2.75. The van der Waals surface area contributed by atoms with Gasteiger partial charge in [-0.1, -0.05) is 0 Å². The fourth-order valence-corrected chi connectivity index (χ4v) is 3.52. The standard InChI is InChI=1S/C19H31FN4OS/c1-4-21-18(22-9-14-26-17-7-5-16(20)6-8-17)23-15-19(2,3)24-10-12-25-13-11-24/h5-8H,4,9-15H2,1-3H3,(H2,21,22,23). The van der Waals surface area contributed by atoms with E-state index in [0.29, 0.717) is 0 Å². The number of hydrogen-bond donors (Lipinski definition) is 2. The summed E-state index contributed by atoms with van der Waals surface area (Å²) in [6, 6.07) is 6.61. The van der Waals surface area contributed by atoms with E-state index in [1.165, 1.54) is 12.1 Å². The van der Waals surface area contributed by atoms with Crippen LogP contribution in [0.5, 0.6) is 0 Å². The second kappa shape index (κ2) is 10.7. The number of aliphatic imine (C=N–C) groups is 1. The van der Waals surface area contributed by atoms with Gasteiger partial charge in [-0.15, -0.1) is 11.8 Å². The Labute approximate surface area is 160 Å². The van der Waals surface area contributed by atoms with Crippen LogP contribution in [0.1, 0.15) is 20.8 Å². The van der Waals surface area contributed by atoms with Crippen LogP contribution in [0.15, 0.2) is 34.2 Å². The number of hydrogen-bond acceptors (Lipinski definition) is 4. The van der Waals surface area contributed by atoms with E-state index in [9.17, 15) is 4.39 Å². The molecule has 0 spiro atoms. The summed E-state index contributed by atoms with van der Waals surface area (Å²) in [4.78, 5) is 8.28. The molecule has 1 aromatic carbocycles. The molecule has 2 N–H and O–H groups in total. The molecule has 0 unspecified atom stereocenters. The van der Waals surface area contributed by atoms with Crippen LogP contribution < -0.4 is 10.6 Å². The van der Waals surface area contributed by atoms with Crippen LogP contribution in [-0.4, -0.2) is 68.1 Å². The number of nitrogens with one attached hydrogen (secondary N) is 2. The first kappa shape index (κ1) is 21.0. The van der Waals surface area contributed by atoms with E-state index in [1.807, 2.05) is 12.1 Å². The minimum atomic E-state index is -0.197. The molecule has 1 saturated heterocycles. The van der Waals surface area contributed by atoms with Gasteiger partial charge in [0.1, 0.15) is 5.82 Å². The number of ether oxygens (including phenoxy) is 1. The summed E-state index contributed by atoms with van der Waals surface area (Å²) in [5.74, 6) is 1.54. The minimum absolute atomic E-state index is 0.00892. The zero-order valence-electron chi connectivity index (χ0n) is 16.1. The Morgan fingerprint density at radius 2 is 1.92 bits per heavy atom. The number of halogens is 1. The van der Waals surface area contributed by atoms with Gasteiger partial charge in [0.2, 0.25) is 0 Å². The maximum atomic E-state index is 12.9. The highest BCUT2D eigenvalue weighted by molar-refractivity contribution is 7.99. The van der Waals surface area contributed by atoms with Gasteiger partial charge in [0.25, 0.3) is 0 Å². The number of morpholine rings is 1. The largest absolute Gasteiger partial charge is 0.379 e. The van der Waals surface area contributed by atoms with Gasteiger partial charge in [0.05, 0.1) is 19.8 Å². The maximum Gasteiger partial charge on any atom is 0.191 e. The predicted octanol–water partition coefficient (Wildman–Crippen LogP) is 2.58. The Kier molecular flexibility index (Phi) is 8.68. The molecule has 146 valence electrons. The van der Waals surface area contributed by atoms with Crippen molar-refractivity contribution < 1.29 is 9.13 Å². The van der Waals surface area contributed by atoms with Crippen molar-refractivity contribution in [3.8, 4) is 0 Å². The zero-order chi connectivity index (χ0) is 18.8. The molecule has 5 nitrogen and oxygen atoms in total. The molecule has 1 aliphatic rings. The first-order chi connectivity index (χ1) is 12.5. The number of benzene rings is 1. The molecule has 0 radical (unpaired) electrons. The molecule has 0 aliphatic carbocycles. The van der Waals surface area contributed by atoms with Crippen molar-refractivity contribution in [3.05, 3.63) is 30.1 Å². The number of guanidine groups is 1. The summed E-state index contributed by atoms with van der Waals surface area (Å²) in [7, 11) is 0. The van der Waals surface area contributed by atoms with Gasteiger partial charge in [0.15, 0.2) is 5.96 Å². The van der Waals surface area contributed by atoms with Crippen molar-refractivity contribution in [1.29, 1.82) is 0 Å². The lowest BCUT2D eigenvalue weighted by Crippen LogP contribution is -2.52. The summed E-state index contributed by atoms with van der Waals surface area (Å²) < 4.78 is 18.4. The molecule has 1 heterocycles. The molecule has 1 aromatic rings. The quantitative estimate of drug-likeness (QED) is 0.313. The van der Waals surface area contributed by atoms with Gasteiger partial charge >= 0.3 is 0 Å². The topological polar surface area (TPSA) is 48.9 Å². The Morgan fingerprint density at radius 3 is 2.58 bits per heavy atom. The van der Waals surface area contributed by atoms with Gasteiger partial charge in [0, 0.05) is 42.4 Å². The van der Waals surface area contributed by atoms with E-state index in [-0.39, 0.29) is 11.4 Å². The van der Waals surface area contributed by atoms with Crippen LogP contribution in [0, 0.1) is 5.82 Å². The van der Waals surface area contributed by atoms with Crippen LogP contribution in [0.3, 0.4) is 0 Å². The Bertz CT molecular complexity index is 559. The molecule has 0 aromatic heterocycles. The average molecular weight is 383 g/mol. The third-order valence-corrected chi connectivity index (χ3v) is 5.33. The minimum Gasteiger partial charge on any atom is -0.379 e. The average Bonchev–Trinajstić information content (AvgIpc) is 2.65. The molecule has 0 atom stereocenters. The van der Waals surface area contributed by atoms with E-state index in [4.69, 9.17) is 9.73 Å². The third-order valence-electron chi connectivity index (χ3n) is 4.31. The Hall–Kier alpha value is -1.31. The van der Waals surface area contributed by atoms with Gasteiger partial charge in [-0.25, -0.2) is 4.39 Å². The Balaban J connectivity index is 1.78. The molecule has 0 saturated carbocycles. The lowest BCUT2D eigenvalue weighted by atomic mass is 10.0. The van der Waals surface area contributed by atoms with Gasteiger partial charge in [-0.2, -0.15) is 0 Å². The van der Waals surface area contributed by atoms with E-state index in [2.05, 4.69) is 36.3 Å². The van der Waals surface area contributed by atoms with Crippen molar-refractivity contribution in [1.82, 2.24) is 15.5 Å². The van der Waals surface area contributed by atoms with Crippen LogP contribution in [-0.2, 0) is 4.74 Å². The normalized spacial score (nSPS) is 16.5. The van der Waals surface area contributed by atoms with Crippen molar-refractivity contribution in [2.24, 2.45) is 4.99 Å². The summed E-state index contributed by atoms with van der Waals surface area (Å²) >= 11 is 1.70. The van der Waals surface area contributed by atoms with Crippen LogP contribution in [0.2, 0.25) is 0 Å². The highest BCUT2D eigenvalue weighted by atomic mass is 32.2. The van der Waals surface area contributed by atoms with E-state index in [1.54, 1.807) is 11.8 Å². The molecule has 26 heavy (non-hydrogen) atoms. The van der Waals surface area contributed by atoms with E-state index in [0.717, 1.165) is 62.5 Å². The number of nitrogens with zero attached hydrogens (tertiary/aromatic N) is 2. The monoisotopic (exact) mass is 382 g/mol. The third kappa shape index (κ3) is 7.13. The smallest absolute Gasteiger partial charge is 0.191 e. The maximum absolute atomic E-state index is 12.9. The van der Waals surface area contributed by atoms with Crippen molar-refractivity contribution in [2.75, 3.05) is 51.7 Å². The lowest BCUT2D eigenvalue weighted by molar-refractivity contribution is -0.00683. The number of rotatable bonds is 8. The first-order valence-corrected chi connectivity index (χ1v) is 10.2. The molecule has 0 amide bonds. The molecule has 7 heteroatoms. The zero-order valence-corrected chi connectivity index (χ0v) is 16.9. The second-order valence-corrected chi connectivity index (χ2v) is 8.00. The summed E-state index contributed by atoms with van der Waals surface area (Å²) in [5.41, 5.74) is 0.00892. The van der Waals surface area contributed by atoms with Crippen LogP contribution in [0.4, 0.5) is 4.39 Å². The Morgan fingerprint density at radius 1 is 1.23 bits per heavy atom. The highest BCUT2D eigenvalue weighted by Gasteiger charge is 2.28.